The number of halogens is 3. The fourth-order valence-electron chi connectivity index (χ4n) is 4.00. The Labute approximate surface area is 176 Å². The summed E-state index contributed by atoms with van der Waals surface area (Å²) in [6, 6.07) is 9.96. The molecule has 162 valence electrons. The number of fused-ring (bicyclic) bond motifs is 1. The number of hydrogen-bond acceptors (Lipinski definition) is 3. The van der Waals surface area contributed by atoms with Gasteiger partial charge in [-0.1, -0.05) is 18.2 Å². The third-order valence-corrected chi connectivity index (χ3v) is 5.45. The molecule has 4 rings (SSSR count). The molecular formula is C22H21F3N4O2. The number of likely N-dealkylation sites (tertiary alicyclic amines) is 1. The summed E-state index contributed by atoms with van der Waals surface area (Å²) in [6.07, 6.45) is -1.06. The Morgan fingerprint density at radius 1 is 1.19 bits per heavy atom. The number of amides is 2. The van der Waals surface area contributed by atoms with Crippen LogP contribution in [0.1, 0.15) is 53.2 Å². The number of carbonyl (C=O) groups excluding carboxylic acids is 2. The van der Waals surface area contributed by atoms with Crippen LogP contribution in [0.3, 0.4) is 0 Å². The summed E-state index contributed by atoms with van der Waals surface area (Å²) >= 11 is 0. The molecule has 1 N–H and O–H groups in total. The molecule has 31 heavy (non-hydrogen) atoms. The maximum atomic E-state index is 12.9. The quantitative estimate of drug-likeness (QED) is 0.681. The number of pyridine rings is 1. The van der Waals surface area contributed by atoms with Gasteiger partial charge in [0.1, 0.15) is 5.82 Å². The van der Waals surface area contributed by atoms with E-state index in [9.17, 15) is 22.8 Å². The lowest BCUT2D eigenvalue weighted by atomic mass is 10.1. The predicted octanol–water partition coefficient (Wildman–Crippen LogP) is 3.97. The van der Waals surface area contributed by atoms with Gasteiger partial charge in [0, 0.05) is 26.2 Å². The molecule has 3 heterocycles. The van der Waals surface area contributed by atoms with E-state index >= 15 is 0 Å². The molecule has 0 radical (unpaired) electrons. The Bertz CT molecular complexity index is 1140. The number of benzene rings is 1. The number of carbonyl (C=O) groups is 2. The topological polar surface area (TPSA) is 66.7 Å². The number of rotatable bonds is 4. The van der Waals surface area contributed by atoms with E-state index in [0.717, 1.165) is 25.0 Å². The molecule has 2 aromatic heterocycles. The number of alkyl halides is 3. The van der Waals surface area contributed by atoms with E-state index < -0.39 is 17.6 Å². The third kappa shape index (κ3) is 4.12. The van der Waals surface area contributed by atoms with Crippen LogP contribution in [0.25, 0.3) is 5.52 Å². The van der Waals surface area contributed by atoms with Crippen molar-refractivity contribution < 1.29 is 22.8 Å². The molecule has 0 aliphatic carbocycles. The van der Waals surface area contributed by atoms with Crippen molar-refractivity contribution in [3.63, 3.8) is 0 Å². The van der Waals surface area contributed by atoms with E-state index in [0.29, 0.717) is 23.4 Å². The van der Waals surface area contributed by atoms with Gasteiger partial charge in [-0.3, -0.25) is 9.59 Å². The lowest BCUT2D eigenvalue weighted by Gasteiger charge is -2.22. The van der Waals surface area contributed by atoms with Gasteiger partial charge in [-0.25, -0.2) is 4.98 Å². The molecule has 1 aliphatic rings. The summed E-state index contributed by atoms with van der Waals surface area (Å²) in [7, 11) is 0. The number of aromatic nitrogens is 2. The minimum Gasteiger partial charge on any atom is -0.347 e. The SMILES string of the molecule is CC(=O)N1CCCC1c1nc(C(=O)NCc2cccc(C(F)(F)F)c2)c2ccccn12. The molecule has 1 unspecified atom stereocenters. The van der Waals surface area contributed by atoms with Crippen molar-refractivity contribution in [2.75, 3.05) is 6.54 Å². The van der Waals surface area contributed by atoms with E-state index in [1.54, 1.807) is 27.6 Å². The van der Waals surface area contributed by atoms with Crippen LogP contribution in [-0.4, -0.2) is 32.6 Å². The van der Waals surface area contributed by atoms with Crippen molar-refractivity contribution in [1.82, 2.24) is 19.6 Å². The van der Waals surface area contributed by atoms with Gasteiger partial charge >= 0.3 is 6.18 Å². The first-order valence-corrected chi connectivity index (χ1v) is 9.94. The van der Waals surface area contributed by atoms with E-state index in [1.165, 1.54) is 19.1 Å². The fraction of sp³-hybridized carbons (Fsp3) is 0.318. The standard InChI is InChI=1S/C22H21F3N4O2/c1-14(30)28-11-5-9-18(28)20-27-19(17-8-2-3-10-29(17)20)21(31)26-13-15-6-4-7-16(12-15)22(23,24)25/h2-4,6-8,10,12,18H,5,9,11,13H2,1H3,(H,26,31). The highest BCUT2D eigenvalue weighted by Gasteiger charge is 2.33. The zero-order valence-electron chi connectivity index (χ0n) is 16.8. The lowest BCUT2D eigenvalue weighted by molar-refractivity contribution is -0.137. The number of nitrogens with one attached hydrogen (secondary N) is 1. The normalized spacial score (nSPS) is 16.6. The molecule has 0 bridgehead atoms. The first-order valence-electron chi connectivity index (χ1n) is 9.94. The van der Waals surface area contributed by atoms with Crippen molar-refractivity contribution in [1.29, 1.82) is 0 Å². The second-order valence-corrected chi connectivity index (χ2v) is 7.53. The monoisotopic (exact) mass is 430 g/mol. The minimum absolute atomic E-state index is 0.0503. The first-order chi connectivity index (χ1) is 14.8. The Balaban J connectivity index is 1.60. The van der Waals surface area contributed by atoms with Crippen LogP contribution in [0.15, 0.2) is 48.7 Å². The van der Waals surface area contributed by atoms with Crippen LogP contribution >= 0.6 is 0 Å². The van der Waals surface area contributed by atoms with Gasteiger partial charge in [-0.05, 0) is 42.7 Å². The van der Waals surface area contributed by atoms with E-state index in [2.05, 4.69) is 10.3 Å². The first kappa shape index (κ1) is 20.9. The van der Waals surface area contributed by atoms with Gasteiger partial charge < -0.3 is 14.6 Å². The highest BCUT2D eigenvalue weighted by atomic mass is 19.4. The van der Waals surface area contributed by atoms with Gasteiger partial charge in [0.15, 0.2) is 5.69 Å². The molecule has 1 atom stereocenters. The molecule has 1 aliphatic heterocycles. The van der Waals surface area contributed by atoms with Crippen LogP contribution in [0.5, 0.6) is 0 Å². The largest absolute Gasteiger partial charge is 0.416 e. The zero-order valence-corrected chi connectivity index (χ0v) is 16.8. The summed E-state index contributed by atoms with van der Waals surface area (Å²) in [6.45, 7) is 2.09. The maximum absolute atomic E-state index is 12.9. The average Bonchev–Trinajstić information content (AvgIpc) is 3.36. The Morgan fingerprint density at radius 3 is 2.74 bits per heavy atom. The molecule has 0 spiro atoms. The Hall–Kier alpha value is -3.36. The van der Waals surface area contributed by atoms with E-state index in [1.807, 2.05) is 6.07 Å². The molecule has 2 amide bonds. The lowest BCUT2D eigenvalue weighted by Crippen LogP contribution is -2.29. The molecule has 1 aromatic carbocycles. The van der Waals surface area contributed by atoms with E-state index in [4.69, 9.17) is 0 Å². The van der Waals surface area contributed by atoms with Crippen LogP contribution < -0.4 is 5.32 Å². The van der Waals surface area contributed by atoms with Crippen LogP contribution in [0, 0.1) is 0 Å². The van der Waals surface area contributed by atoms with Crippen molar-refractivity contribution in [2.24, 2.45) is 0 Å². The van der Waals surface area contributed by atoms with Gasteiger partial charge in [-0.2, -0.15) is 13.2 Å². The van der Waals surface area contributed by atoms with Crippen LogP contribution in [0.2, 0.25) is 0 Å². The van der Waals surface area contributed by atoms with Crippen molar-refractivity contribution in [3.05, 3.63) is 71.3 Å². The third-order valence-electron chi connectivity index (χ3n) is 5.45. The van der Waals surface area contributed by atoms with E-state index in [-0.39, 0.29) is 24.2 Å². The molecule has 3 aromatic rings. The second-order valence-electron chi connectivity index (χ2n) is 7.53. The molecule has 1 fully saturated rings. The highest BCUT2D eigenvalue weighted by molar-refractivity contribution is 5.99. The van der Waals surface area contributed by atoms with Gasteiger partial charge in [-0.15, -0.1) is 0 Å². The summed E-state index contributed by atoms with van der Waals surface area (Å²) in [4.78, 5) is 31.2. The number of imidazole rings is 1. The number of hydrogen-bond donors (Lipinski definition) is 1. The second kappa shape index (κ2) is 8.05. The van der Waals surface area contributed by atoms with Crippen molar-refractivity contribution in [2.45, 2.75) is 38.5 Å². The number of nitrogens with zero attached hydrogens (tertiary/aromatic N) is 3. The smallest absolute Gasteiger partial charge is 0.347 e. The summed E-state index contributed by atoms with van der Waals surface area (Å²) in [5.74, 6) is 0.0676. The van der Waals surface area contributed by atoms with Crippen molar-refractivity contribution in [3.8, 4) is 0 Å². The van der Waals surface area contributed by atoms with Gasteiger partial charge in [0.25, 0.3) is 5.91 Å². The summed E-state index contributed by atoms with van der Waals surface area (Å²) in [5, 5.41) is 2.66. The molecular weight excluding hydrogens is 409 g/mol. The zero-order chi connectivity index (χ0) is 22.2. The van der Waals surface area contributed by atoms with Gasteiger partial charge in [0.2, 0.25) is 5.91 Å². The molecule has 9 heteroatoms. The summed E-state index contributed by atoms with van der Waals surface area (Å²) in [5.41, 5.74) is 0.331. The van der Waals surface area contributed by atoms with Crippen molar-refractivity contribution >= 4 is 17.3 Å². The minimum atomic E-state index is -4.45. The summed E-state index contributed by atoms with van der Waals surface area (Å²) < 4.78 is 40.5. The molecule has 6 nitrogen and oxygen atoms in total. The maximum Gasteiger partial charge on any atom is 0.416 e. The fourth-order valence-corrected chi connectivity index (χ4v) is 4.00. The average molecular weight is 430 g/mol. The van der Waals surface area contributed by atoms with Crippen LogP contribution in [0.4, 0.5) is 13.2 Å². The Kier molecular flexibility index (Phi) is 5.43. The molecule has 1 saturated heterocycles. The Morgan fingerprint density at radius 2 is 2.00 bits per heavy atom. The highest BCUT2D eigenvalue weighted by Crippen LogP contribution is 2.33. The predicted molar refractivity (Wildman–Crippen MR) is 107 cm³/mol. The van der Waals surface area contributed by atoms with Gasteiger partial charge in [0.05, 0.1) is 17.1 Å². The molecule has 0 saturated carbocycles. The van der Waals surface area contributed by atoms with Crippen LogP contribution in [-0.2, 0) is 17.5 Å².